The number of nitrogens with zero attached hydrogens (tertiary/aromatic N) is 2. The van der Waals surface area contributed by atoms with Crippen molar-refractivity contribution in [1.82, 2.24) is 14.5 Å². The molecule has 1 saturated heterocycles. The number of benzene rings is 2. The minimum absolute atomic E-state index is 0.0113. The predicted molar refractivity (Wildman–Crippen MR) is 102 cm³/mol. The van der Waals surface area contributed by atoms with Gasteiger partial charge in [-0.15, -0.1) is 0 Å². The van der Waals surface area contributed by atoms with Crippen LogP contribution in [0.25, 0.3) is 11.0 Å². The number of H-pyrrole nitrogens is 1. The van der Waals surface area contributed by atoms with Crippen molar-refractivity contribution in [3.05, 3.63) is 70.6 Å². The predicted octanol–water partition coefficient (Wildman–Crippen LogP) is 3.90. The molecule has 0 spiro atoms. The summed E-state index contributed by atoms with van der Waals surface area (Å²) in [5.74, 6) is 0. The Labute approximate surface area is 148 Å². The standard InChI is InChI=1S/C21H25N3O/c1-21(2,16-8-4-3-5-9-16)23-14-12-17(13-15-23)24-19-11-7-6-10-18(19)22-20(24)25/h3-11,17H,12-15H2,1-2H3,(H,22,25). The third-order valence-corrected chi connectivity index (χ3v) is 5.72. The second-order valence-corrected chi connectivity index (χ2v) is 7.46. The van der Waals surface area contributed by atoms with E-state index in [1.165, 1.54) is 5.56 Å². The van der Waals surface area contributed by atoms with Crippen LogP contribution in [0.5, 0.6) is 0 Å². The molecule has 4 heteroatoms. The highest BCUT2D eigenvalue weighted by Gasteiger charge is 2.33. The van der Waals surface area contributed by atoms with E-state index >= 15 is 0 Å². The molecule has 1 aliphatic rings. The Bertz CT molecular complexity index is 915. The summed E-state index contributed by atoms with van der Waals surface area (Å²) >= 11 is 0. The van der Waals surface area contributed by atoms with E-state index < -0.39 is 0 Å². The molecular formula is C21H25N3O. The largest absolute Gasteiger partial charge is 0.326 e. The molecule has 1 fully saturated rings. The van der Waals surface area contributed by atoms with Gasteiger partial charge >= 0.3 is 5.69 Å². The lowest BCUT2D eigenvalue weighted by Gasteiger charge is -2.43. The molecule has 2 heterocycles. The van der Waals surface area contributed by atoms with Crippen molar-refractivity contribution in [2.24, 2.45) is 0 Å². The fraction of sp³-hybridized carbons (Fsp3) is 0.381. The molecule has 25 heavy (non-hydrogen) atoms. The molecule has 0 aliphatic carbocycles. The van der Waals surface area contributed by atoms with Crippen LogP contribution < -0.4 is 5.69 Å². The number of rotatable bonds is 3. The Morgan fingerprint density at radius 1 is 0.960 bits per heavy atom. The summed E-state index contributed by atoms with van der Waals surface area (Å²) < 4.78 is 1.96. The summed E-state index contributed by atoms with van der Waals surface area (Å²) in [7, 11) is 0. The van der Waals surface area contributed by atoms with Gasteiger partial charge in [0.1, 0.15) is 0 Å². The van der Waals surface area contributed by atoms with Gasteiger partial charge in [-0.1, -0.05) is 42.5 Å². The Hall–Kier alpha value is -2.33. The fourth-order valence-electron chi connectivity index (χ4n) is 4.15. The van der Waals surface area contributed by atoms with Crippen LogP contribution in [-0.4, -0.2) is 27.5 Å². The van der Waals surface area contributed by atoms with Crippen LogP contribution in [0.4, 0.5) is 0 Å². The van der Waals surface area contributed by atoms with Gasteiger partial charge in [0.15, 0.2) is 0 Å². The monoisotopic (exact) mass is 335 g/mol. The van der Waals surface area contributed by atoms with Gasteiger partial charge in [-0.05, 0) is 44.4 Å². The van der Waals surface area contributed by atoms with E-state index in [1.807, 2.05) is 28.8 Å². The summed E-state index contributed by atoms with van der Waals surface area (Å²) in [5.41, 5.74) is 3.32. The molecule has 0 bridgehead atoms. The van der Waals surface area contributed by atoms with Gasteiger partial charge in [0.05, 0.1) is 11.0 Å². The molecule has 0 radical (unpaired) electrons. The van der Waals surface area contributed by atoms with E-state index in [4.69, 9.17) is 0 Å². The molecule has 2 aromatic carbocycles. The van der Waals surface area contributed by atoms with Gasteiger partial charge in [0.2, 0.25) is 0 Å². The van der Waals surface area contributed by atoms with E-state index in [-0.39, 0.29) is 17.3 Å². The van der Waals surface area contributed by atoms with Crippen LogP contribution in [0.2, 0.25) is 0 Å². The van der Waals surface area contributed by atoms with E-state index in [1.54, 1.807) is 0 Å². The lowest BCUT2D eigenvalue weighted by molar-refractivity contribution is 0.0755. The number of fused-ring (bicyclic) bond motifs is 1. The summed E-state index contributed by atoms with van der Waals surface area (Å²) in [6.07, 6.45) is 2.00. The molecule has 4 nitrogen and oxygen atoms in total. The van der Waals surface area contributed by atoms with Crippen LogP contribution in [-0.2, 0) is 5.54 Å². The normalized spacial score (nSPS) is 17.2. The topological polar surface area (TPSA) is 41.0 Å². The van der Waals surface area contributed by atoms with Crippen molar-refractivity contribution >= 4 is 11.0 Å². The zero-order chi connectivity index (χ0) is 17.4. The maximum atomic E-state index is 12.4. The van der Waals surface area contributed by atoms with Crippen LogP contribution >= 0.6 is 0 Å². The minimum Gasteiger partial charge on any atom is -0.306 e. The third kappa shape index (κ3) is 2.81. The first-order chi connectivity index (χ1) is 12.1. The molecule has 0 unspecified atom stereocenters. The molecule has 0 amide bonds. The van der Waals surface area contributed by atoms with Gasteiger partial charge in [-0.25, -0.2) is 4.79 Å². The molecule has 130 valence electrons. The lowest BCUT2D eigenvalue weighted by Crippen LogP contribution is -2.47. The number of imidazole rings is 1. The number of aromatic nitrogens is 2. The van der Waals surface area contributed by atoms with Gasteiger partial charge in [-0.2, -0.15) is 0 Å². The highest BCUT2D eigenvalue weighted by Crippen LogP contribution is 2.33. The Morgan fingerprint density at radius 3 is 2.32 bits per heavy atom. The highest BCUT2D eigenvalue weighted by atomic mass is 16.1. The molecule has 1 N–H and O–H groups in total. The SMILES string of the molecule is CC(C)(c1ccccc1)N1CCC(n2c(=O)[nH]c3ccccc32)CC1. The number of para-hydroxylation sites is 2. The zero-order valence-corrected chi connectivity index (χ0v) is 14.9. The Kier molecular flexibility index (Phi) is 4.00. The van der Waals surface area contributed by atoms with Gasteiger partial charge in [-0.3, -0.25) is 9.47 Å². The second-order valence-electron chi connectivity index (χ2n) is 7.46. The highest BCUT2D eigenvalue weighted by molar-refractivity contribution is 5.75. The number of likely N-dealkylation sites (tertiary alicyclic amines) is 1. The number of hydrogen-bond donors (Lipinski definition) is 1. The van der Waals surface area contributed by atoms with Crippen LogP contribution in [0.15, 0.2) is 59.4 Å². The molecule has 1 aromatic heterocycles. The minimum atomic E-state index is 0.0113. The van der Waals surface area contributed by atoms with Crippen LogP contribution in [0.3, 0.4) is 0 Å². The van der Waals surface area contributed by atoms with Crippen molar-refractivity contribution < 1.29 is 0 Å². The van der Waals surface area contributed by atoms with Crippen molar-refractivity contribution in [1.29, 1.82) is 0 Å². The smallest absolute Gasteiger partial charge is 0.306 e. The van der Waals surface area contributed by atoms with Crippen LogP contribution in [0.1, 0.15) is 38.3 Å². The molecule has 4 rings (SSSR count). The summed E-state index contributed by atoms with van der Waals surface area (Å²) in [6.45, 7) is 6.58. The summed E-state index contributed by atoms with van der Waals surface area (Å²) in [6, 6.07) is 18.9. The molecule has 1 aliphatic heterocycles. The van der Waals surface area contributed by atoms with E-state index in [2.05, 4.69) is 54.1 Å². The average Bonchev–Trinajstić information content (AvgIpc) is 2.98. The quantitative estimate of drug-likeness (QED) is 0.788. The second kappa shape index (κ2) is 6.19. The maximum Gasteiger partial charge on any atom is 0.326 e. The molecule has 3 aromatic rings. The Balaban J connectivity index is 1.55. The molecule has 0 saturated carbocycles. The number of piperidine rings is 1. The fourth-order valence-corrected chi connectivity index (χ4v) is 4.15. The van der Waals surface area contributed by atoms with E-state index in [0.29, 0.717) is 0 Å². The van der Waals surface area contributed by atoms with Crippen molar-refractivity contribution in [2.45, 2.75) is 38.3 Å². The maximum absolute atomic E-state index is 12.4. The number of nitrogens with one attached hydrogen (secondary N) is 1. The van der Waals surface area contributed by atoms with Crippen molar-refractivity contribution in [3.8, 4) is 0 Å². The summed E-state index contributed by atoms with van der Waals surface area (Å²) in [5, 5.41) is 0. The van der Waals surface area contributed by atoms with E-state index in [0.717, 1.165) is 37.0 Å². The van der Waals surface area contributed by atoms with Gasteiger partial charge < -0.3 is 4.98 Å². The van der Waals surface area contributed by atoms with Crippen LogP contribution in [0, 0.1) is 0 Å². The van der Waals surface area contributed by atoms with Gasteiger partial charge in [0, 0.05) is 24.7 Å². The number of hydrogen-bond acceptors (Lipinski definition) is 2. The third-order valence-electron chi connectivity index (χ3n) is 5.72. The Morgan fingerprint density at radius 2 is 1.60 bits per heavy atom. The zero-order valence-electron chi connectivity index (χ0n) is 14.9. The molecular weight excluding hydrogens is 310 g/mol. The van der Waals surface area contributed by atoms with Crippen molar-refractivity contribution in [2.75, 3.05) is 13.1 Å². The average molecular weight is 335 g/mol. The first-order valence-electron chi connectivity index (χ1n) is 9.07. The first kappa shape index (κ1) is 16.2. The van der Waals surface area contributed by atoms with Gasteiger partial charge in [0.25, 0.3) is 0 Å². The first-order valence-corrected chi connectivity index (χ1v) is 9.07. The van der Waals surface area contributed by atoms with E-state index in [9.17, 15) is 4.79 Å². The number of aromatic amines is 1. The summed E-state index contributed by atoms with van der Waals surface area (Å²) in [4.78, 5) is 18.0. The van der Waals surface area contributed by atoms with Crippen molar-refractivity contribution in [3.63, 3.8) is 0 Å². The lowest BCUT2D eigenvalue weighted by atomic mass is 9.89. The molecule has 0 atom stereocenters.